The molecule has 0 saturated heterocycles. The molecule has 1 aliphatic rings. The number of hydroxylamine groups is 1. The van der Waals surface area contributed by atoms with Gasteiger partial charge in [-0.25, -0.2) is 9.63 Å². The maximum absolute atomic E-state index is 10.6. The molecule has 0 spiro atoms. The van der Waals surface area contributed by atoms with Crippen molar-refractivity contribution >= 4 is 11.9 Å². The highest BCUT2D eigenvalue weighted by Gasteiger charge is 2.28. The van der Waals surface area contributed by atoms with Crippen LogP contribution in [0.1, 0.15) is 59.3 Å². The molecule has 0 amide bonds. The number of hydrogen-bond donors (Lipinski definition) is 1. The first-order valence-electron chi connectivity index (χ1n) is 8.62. The van der Waals surface area contributed by atoms with Crippen LogP contribution >= 0.6 is 0 Å². The van der Waals surface area contributed by atoms with Gasteiger partial charge < -0.3 is 9.47 Å². The number of rotatable bonds is 12. The Balaban J connectivity index is 2.97. The average molecular weight is 340 g/mol. The third-order valence-electron chi connectivity index (χ3n) is 3.18. The van der Waals surface area contributed by atoms with Crippen LogP contribution in [0.3, 0.4) is 0 Å². The summed E-state index contributed by atoms with van der Waals surface area (Å²) in [5.41, 5.74) is 2.67. The first kappa shape index (κ1) is 20.0. The van der Waals surface area contributed by atoms with Crippen molar-refractivity contribution in [2.75, 3.05) is 19.8 Å². The summed E-state index contributed by atoms with van der Waals surface area (Å²) < 4.78 is 11.6. The first-order valence-corrected chi connectivity index (χ1v) is 8.62. The van der Waals surface area contributed by atoms with E-state index < -0.39 is 0 Å². The summed E-state index contributed by atoms with van der Waals surface area (Å²) in [6.07, 6.45) is 7.13. The highest BCUT2D eigenvalue weighted by molar-refractivity contribution is 6.00. The lowest BCUT2D eigenvalue weighted by molar-refractivity contribution is -0.206. The van der Waals surface area contributed by atoms with Gasteiger partial charge in [-0.15, -0.1) is 15.3 Å². The summed E-state index contributed by atoms with van der Waals surface area (Å²) in [5, 5.41) is 5.32. The zero-order valence-electron chi connectivity index (χ0n) is 14.8. The van der Waals surface area contributed by atoms with E-state index in [1.165, 1.54) is 11.3 Å². The van der Waals surface area contributed by atoms with Crippen LogP contribution in [0.25, 0.3) is 0 Å². The normalized spacial score (nSPS) is 14.0. The Hall–Kier alpha value is -2.05. The third kappa shape index (κ3) is 6.60. The molecule has 0 fully saturated rings. The van der Waals surface area contributed by atoms with Gasteiger partial charge in [0, 0.05) is 0 Å². The maximum atomic E-state index is 10.6. The van der Waals surface area contributed by atoms with E-state index in [9.17, 15) is 4.79 Å². The largest absolute Gasteiger partial charge is 0.485 e. The molecule has 0 aromatic carbocycles. The lowest BCUT2D eigenvalue weighted by Gasteiger charge is -2.29. The van der Waals surface area contributed by atoms with Crippen LogP contribution in [0, 0.1) is 0 Å². The fourth-order valence-corrected chi connectivity index (χ4v) is 1.77. The number of amidine groups is 1. The minimum absolute atomic E-state index is 0.0999. The van der Waals surface area contributed by atoms with E-state index in [0.717, 1.165) is 38.5 Å². The number of aliphatic imine (C=N–C) groups is 1. The summed E-state index contributed by atoms with van der Waals surface area (Å²) >= 11 is 0. The Morgan fingerprint density at radius 2 is 1.67 bits per heavy atom. The molecule has 0 aromatic heterocycles. The van der Waals surface area contributed by atoms with Crippen molar-refractivity contribution in [3.05, 3.63) is 11.6 Å². The van der Waals surface area contributed by atoms with Gasteiger partial charge in [0.05, 0.1) is 19.8 Å². The van der Waals surface area contributed by atoms with Gasteiger partial charge in [-0.1, -0.05) is 40.0 Å². The summed E-state index contributed by atoms with van der Waals surface area (Å²) in [4.78, 5) is 19.9. The number of unbranched alkanes of at least 4 members (excludes halogenated alkanes) is 3. The van der Waals surface area contributed by atoms with E-state index in [4.69, 9.17) is 14.3 Å². The number of hydrogen-bond acceptors (Lipinski definition) is 8. The van der Waals surface area contributed by atoms with Crippen molar-refractivity contribution in [3.63, 3.8) is 0 Å². The fraction of sp³-hybridized carbons (Fsp3) is 0.750. The predicted molar refractivity (Wildman–Crippen MR) is 90.1 cm³/mol. The molecule has 8 nitrogen and oxygen atoms in total. The Labute approximate surface area is 143 Å². The molecule has 0 aliphatic carbocycles. The van der Waals surface area contributed by atoms with E-state index >= 15 is 0 Å². The molecule has 1 heterocycles. The quantitative estimate of drug-likeness (QED) is 0.334. The number of nitrogens with one attached hydrogen (secondary N) is 1. The van der Waals surface area contributed by atoms with Crippen molar-refractivity contribution in [2.24, 2.45) is 10.1 Å². The van der Waals surface area contributed by atoms with Crippen molar-refractivity contribution in [3.8, 4) is 0 Å². The number of hydrazine groups is 1. The Kier molecular flexibility index (Phi) is 10.3. The molecule has 1 N–H and O–H groups in total. The number of carbonyl (C=O) groups excluding carboxylic acids is 1. The third-order valence-corrected chi connectivity index (χ3v) is 3.18. The van der Waals surface area contributed by atoms with Crippen LogP contribution in [-0.2, 0) is 19.1 Å². The molecular weight excluding hydrogens is 312 g/mol. The summed E-state index contributed by atoms with van der Waals surface area (Å²) in [6.45, 7) is 7.71. The molecule has 0 bridgehead atoms. The zero-order chi connectivity index (χ0) is 17.6. The fourth-order valence-electron chi connectivity index (χ4n) is 1.77. The number of ether oxygens (including phenoxy) is 2. The predicted octanol–water partition coefficient (Wildman–Crippen LogP) is 2.99. The van der Waals surface area contributed by atoms with Gasteiger partial charge in [0.2, 0.25) is 17.7 Å². The highest BCUT2D eigenvalue weighted by atomic mass is 16.7. The molecule has 1 rings (SSSR count). The second kappa shape index (κ2) is 12.4. The Bertz CT molecular complexity index is 473. The van der Waals surface area contributed by atoms with Gasteiger partial charge >= 0.3 is 0 Å². The minimum Gasteiger partial charge on any atom is -0.485 e. The molecule has 8 heteroatoms. The molecular formula is C16H28N4O4. The van der Waals surface area contributed by atoms with Crippen LogP contribution in [0.4, 0.5) is 0 Å². The standard InChI is InChI=1S/C16H28N4O4/c1-4-7-10-22-14-15(17-13-21)18-19-20(24-12-9-6-3)16(14)23-11-8-5-2/h19H,4-12H2,1-3H3. The van der Waals surface area contributed by atoms with Crippen LogP contribution in [0.15, 0.2) is 21.7 Å². The smallest absolute Gasteiger partial charge is 0.284 e. The first-order chi connectivity index (χ1) is 11.8. The molecule has 1 aliphatic heterocycles. The topological polar surface area (TPSA) is 84.8 Å². The SMILES string of the molecule is CCCCOC1=C(OCCCC)N(OCCCC)NN=C1N=C=O. The van der Waals surface area contributed by atoms with Gasteiger partial charge in [-0.05, 0) is 19.3 Å². The number of isocyanates is 1. The van der Waals surface area contributed by atoms with Gasteiger partial charge in [0.25, 0.3) is 5.88 Å². The second-order valence-electron chi connectivity index (χ2n) is 5.26. The van der Waals surface area contributed by atoms with E-state index in [-0.39, 0.29) is 11.6 Å². The minimum atomic E-state index is 0.0999. The van der Waals surface area contributed by atoms with Crippen LogP contribution in [-0.4, -0.2) is 36.9 Å². The summed E-state index contributed by atoms with van der Waals surface area (Å²) in [5.74, 6) is 0.723. The lowest BCUT2D eigenvalue weighted by Crippen LogP contribution is -2.41. The summed E-state index contributed by atoms with van der Waals surface area (Å²) in [7, 11) is 0. The van der Waals surface area contributed by atoms with Gasteiger partial charge in [0.1, 0.15) is 0 Å². The maximum Gasteiger partial charge on any atom is 0.284 e. The van der Waals surface area contributed by atoms with E-state index in [0.29, 0.717) is 25.7 Å². The molecule has 0 aromatic rings. The lowest BCUT2D eigenvalue weighted by atomic mass is 10.3. The van der Waals surface area contributed by atoms with Crippen molar-refractivity contribution in [1.82, 2.24) is 10.7 Å². The van der Waals surface area contributed by atoms with Crippen LogP contribution < -0.4 is 5.53 Å². The monoisotopic (exact) mass is 340 g/mol. The second-order valence-corrected chi connectivity index (χ2v) is 5.26. The van der Waals surface area contributed by atoms with Crippen molar-refractivity contribution in [2.45, 2.75) is 59.3 Å². The van der Waals surface area contributed by atoms with Crippen LogP contribution in [0.2, 0.25) is 0 Å². The molecule has 0 saturated carbocycles. The van der Waals surface area contributed by atoms with Crippen molar-refractivity contribution in [1.29, 1.82) is 0 Å². The van der Waals surface area contributed by atoms with E-state index in [1.807, 2.05) is 0 Å². The van der Waals surface area contributed by atoms with Gasteiger partial charge in [-0.3, -0.25) is 0 Å². The zero-order valence-corrected chi connectivity index (χ0v) is 14.8. The number of nitrogens with zero attached hydrogens (tertiary/aromatic N) is 3. The molecule has 24 heavy (non-hydrogen) atoms. The van der Waals surface area contributed by atoms with E-state index in [2.05, 4.69) is 36.4 Å². The van der Waals surface area contributed by atoms with Crippen molar-refractivity contribution < 1.29 is 19.1 Å². The van der Waals surface area contributed by atoms with Gasteiger partial charge in [0.15, 0.2) is 0 Å². The molecule has 136 valence electrons. The molecule has 0 radical (unpaired) electrons. The summed E-state index contributed by atoms with van der Waals surface area (Å²) in [6, 6.07) is 0. The van der Waals surface area contributed by atoms with Crippen LogP contribution in [0.5, 0.6) is 0 Å². The van der Waals surface area contributed by atoms with Gasteiger partial charge in [-0.2, -0.15) is 5.53 Å². The highest BCUT2D eigenvalue weighted by Crippen LogP contribution is 2.20. The number of hydrazone groups is 1. The Morgan fingerprint density at radius 3 is 2.29 bits per heavy atom. The van der Waals surface area contributed by atoms with E-state index in [1.54, 1.807) is 0 Å². The molecule has 0 unspecified atom stereocenters. The average Bonchev–Trinajstić information content (AvgIpc) is 2.59. The molecule has 0 atom stereocenters. The Morgan fingerprint density at radius 1 is 1.04 bits per heavy atom.